The maximum Gasteiger partial charge on any atom is 0.297 e. The summed E-state index contributed by atoms with van der Waals surface area (Å²) in [7, 11) is 1.57. The topological polar surface area (TPSA) is 94.8 Å². The molecule has 192 valence electrons. The second-order valence-corrected chi connectivity index (χ2v) is 10.5. The minimum absolute atomic E-state index is 0.0246. The number of fused-ring (bicyclic) bond motifs is 2. The first-order chi connectivity index (χ1) is 17.9. The molecule has 3 heterocycles. The van der Waals surface area contributed by atoms with Crippen molar-refractivity contribution in [2.45, 2.75) is 46.1 Å². The van der Waals surface area contributed by atoms with E-state index in [1.54, 1.807) is 31.4 Å². The van der Waals surface area contributed by atoms with Gasteiger partial charge in [0.15, 0.2) is 16.9 Å². The van der Waals surface area contributed by atoms with Crippen LogP contribution in [0.25, 0.3) is 11.0 Å². The first kappa shape index (κ1) is 25.0. The molecule has 0 fully saturated rings. The van der Waals surface area contributed by atoms with Crippen molar-refractivity contribution in [2.24, 2.45) is 5.92 Å². The van der Waals surface area contributed by atoms with Crippen LogP contribution in [0.1, 0.15) is 66.3 Å². The van der Waals surface area contributed by atoms with E-state index in [2.05, 4.69) is 31.0 Å². The van der Waals surface area contributed by atoms with Crippen LogP contribution in [0, 0.1) is 5.92 Å². The number of benzene rings is 2. The number of amides is 1. The van der Waals surface area contributed by atoms with Crippen molar-refractivity contribution >= 4 is 33.3 Å². The van der Waals surface area contributed by atoms with E-state index in [1.165, 1.54) is 16.2 Å². The van der Waals surface area contributed by atoms with E-state index in [1.807, 2.05) is 18.2 Å². The summed E-state index contributed by atoms with van der Waals surface area (Å²) in [5.41, 5.74) is 1.10. The van der Waals surface area contributed by atoms with Crippen molar-refractivity contribution in [2.75, 3.05) is 18.6 Å². The molecule has 1 unspecified atom stereocenters. The SMILES string of the molecule is CCCCOc1ccc(C2c3c(oc4ccccc4c3=O)C(=O)N2c2nnc(CC(C)C)s2)cc1OC. The van der Waals surface area contributed by atoms with E-state index in [4.69, 9.17) is 13.9 Å². The molecule has 0 saturated heterocycles. The summed E-state index contributed by atoms with van der Waals surface area (Å²) in [6, 6.07) is 11.7. The molecule has 1 aliphatic heterocycles. The maximum absolute atomic E-state index is 13.8. The lowest BCUT2D eigenvalue weighted by Crippen LogP contribution is -2.29. The molecular formula is C28H29N3O5S. The molecule has 0 radical (unpaired) electrons. The Labute approximate surface area is 218 Å². The van der Waals surface area contributed by atoms with Crippen molar-refractivity contribution in [1.82, 2.24) is 10.2 Å². The standard InChI is InChI=1S/C28H29N3O5S/c1-5-6-13-35-20-12-11-17(15-21(20)34-4)24-23-25(32)18-9-7-8-10-19(18)36-26(23)27(33)31(24)28-30-29-22(37-28)14-16(2)3/h7-12,15-16,24H,5-6,13-14H2,1-4H3. The lowest BCUT2D eigenvalue weighted by Gasteiger charge is -2.23. The third-order valence-corrected chi connectivity index (χ3v) is 7.23. The number of unbranched alkanes of at least 4 members (excludes halogenated alkanes) is 1. The van der Waals surface area contributed by atoms with Crippen LogP contribution in [-0.4, -0.2) is 29.8 Å². The first-order valence-corrected chi connectivity index (χ1v) is 13.3. The second-order valence-electron chi connectivity index (χ2n) is 9.44. The largest absolute Gasteiger partial charge is 0.493 e. The highest BCUT2D eigenvalue weighted by Gasteiger charge is 2.45. The Balaban J connectivity index is 1.67. The van der Waals surface area contributed by atoms with Gasteiger partial charge in [-0.3, -0.25) is 14.5 Å². The lowest BCUT2D eigenvalue weighted by atomic mass is 9.98. The summed E-state index contributed by atoms with van der Waals surface area (Å²) >= 11 is 1.35. The third-order valence-electron chi connectivity index (χ3n) is 6.28. The molecule has 8 nitrogen and oxygen atoms in total. The van der Waals surface area contributed by atoms with E-state index in [0.717, 1.165) is 24.3 Å². The van der Waals surface area contributed by atoms with E-state index < -0.39 is 11.9 Å². The first-order valence-electron chi connectivity index (χ1n) is 12.4. The number of anilines is 1. The van der Waals surface area contributed by atoms with Crippen LogP contribution in [0.3, 0.4) is 0 Å². The Hall–Kier alpha value is -3.72. The number of rotatable bonds is 9. The van der Waals surface area contributed by atoms with E-state index in [-0.39, 0.29) is 16.8 Å². The molecule has 9 heteroatoms. The van der Waals surface area contributed by atoms with Crippen molar-refractivity contribution in [3.05, 3.63) is 74.6 Å². The molecule has 2 aromatic carbocycles. The number of aromatic nitrogens is 2. The number of carbonyl (C=O) groups is 1. The number of para-hydroxylation sites is 1. The molecule has 0 spiro atoms. The van der Waals surface area contributed by atoms with Crippen molar-refractivity contribution in [3.8, 4) is 11.5 Å². The zero-order valence-electron chi connectivity index (χ0n) is 21.3. The average molecular weight is 520 g/mol. The van der Waals surface area contributed by atoms with Gasteiger partial charge in [-0.15, -0.1) is 10.2 Å². The molecule has 1 amide bonds. The van der Waals surface area contributed by atoms with Gasteiger partial charge in [0.25, 0.3) is 5.91 Å². The van der Waals surface area contributed by atoms with Gasteiger partial charge in [-0.05, 0) is 42.2 Å². The van der Waals surface area contributed by atoms with Crippen molar-refractivity contribution in [3.63, 3.8) is 0 Å². The van der Waals surface area contributed by atoms with Gasteiger partial charge in [-0.1, -0.05) is 56.7 Å². The van der Waals surface area contributed by atoms with Gasteiger partial charge in [-0.25, -0.2) is 0 Å². The van der Waals surface area contributed by atoms with Crippen LogP contribution in [0.4, 0.5) is 5.13 Å². The Morgan fingerprint density at radius 1 is 1.11 bits per heavy atom. The fourth-order valence-corrected chi connectivity index (χ4v) is 5.58. The predicted octanol–water partition coefficient (Wildman–Crippen LogP) is 5.78. The van der Waals surface area contributed by atoms with Gasteiger partial charge >= 0.3 is 0 Å². The number of nitrogens with zero attached hydrogens (tertiary/aromatic N) is 3. The molecule has 37 heavy (non-hydrogen) atoms. The monoisotopic (exact) mass is 519 g/mol. The van der Waals surface area contributed by atoms with Crippen LogP contribution in [0.5, 0.6) is 11.5 Å². The third kappa shape index (κ3) is 4.59. The zero-order chi connectivity index (χ0) is 26.1. The Kier molecular flexibility index (Phi) is 6.97. The maximum atomic E-state index is 13.8. The highest BCUT2D eigenvalue weighted by Crippen LogP contribution is 2.44. The minimum Gasteiger partial charge on any atom is -0.493 e. The van der Waals surface area contributed by atoms with Gasteiger partial charge in [0.1, 0.15) is 10.6 Å². The smallest absolute Gasteiger partial charge is 0.297 e. The van der Waals surface area contributed by atoms with Crippen LogP contribution >= 0.6 is 11.3 Å². The van der Waals surface area contributed by atoms with E-state index in [0.29, 0.717) is 45.7 Å². The molecule has 1 aliphatic rings. The van der Waals surface area contributed by atoms with Crippen LogP contribution in [0.2, 0.25) is 0 Å². The predicted molar refractivity (Wildman–Crippen MR) is 143 cm³/mol. The zero-order valence-corrected chi connectivity index (χ0v) is 22.1. The fourth-order valence-electron chi connectivity index (χ4n) is 4.51. The van der Waals surface area contributed by atoms with Crippen LogP contribution in [-0.2, 0) is 6.42 Å². The molecular weight excluding hydrogens is 490 g/mol. The normalized spacial score (nSPS) is 15.0. The molecule has 0 N–H and O–H groups in total. The fraction of sp³-hybridized carbons (Fsp3) is 0.357. The molecule has 0 bridgehead atoms. The molecule has 4 aromatic rings. The van der Waals surface area contributed by atoms with E-state index in [9.17, 15) is 9.59 Å². The van der Waals surface area contributed by atoms with Gasteiger partial charge in [-0.2, -0.15) is 0 Å². The summed E-state index contributed by atoms with van der Waals surface area (Å²) in [6.07, 6.45) is 2.68. The van der Waals surface area contributed by atoms with Crippen molar-refractivity contribution < 1.29 is 18.7 Å². The second kappa shape index (κ2) is 10.3. The lowest BCUT2D eigenvalue weighted by molar-refractivity contribution is 0.0970. The molecule has 0 saturated carbocycles. The number of carbonyl (C=O) groups excluding carboxylic acids is 1. The summed E-state index contributed by atoms with van der Waals surface area (Å²) in [4.78, 5) is 29.0. The summed E-state index contributed by atoms with van der Waals surface area (Å²) in [5.74, 6) is 1.13. The highest BCUT2D eigenvalue weighted by atomic mass is 32.1. The minimum atomic E-state index is -0.748. The average Bonchev–Trinajstić information content (AvgIpc) is 3.46. The van der Waals surface area contributed by atoms with Gasteiger partial charge in [0.2, 0.25) is 10.9 Å². The molecule has 5 rings (SSSR count). The summed E-state index contributed by atoms with van der Waals surface area (Å²) < 4.78 is 17.6. The van der Waals surface area contributed by atoms with E-state index >= 15 is 0 Å². The number of methoxy groups -OCH3 is 1. The van der Waals surface area contributed by atoms with Crippen LogP contribution < -0.4 is 19.8 Å². The van der Waals surface area contributed by atoms with Gasteiger partial charge in [0, 0.05) is 6.42 Å². The Morgan fingerprint density at radius 2 is 1.92 bits per heavy atom. The van der Waals surface area contributed by atoms with Crippen LogP contribution in [0.15, 0.2) is 51.7 Å². The van der Waals surface area contributed by atoms with Gasteiger partial charge in [0.05, 0.1) is 30.7 Å². The number of hydrogen-bond acceptors (Lipinski definition) is 8. The summed E-state index contributed by atoms with van der Waals surface area (Å²) in [5, 5.41) is 10.3. The Bertz CT molecular complexity index is 1510. The molecule has 2 aromatic heterocycles. The Morgan fingerprint density at radius 3 is 2.68 bits per heavy atom. The molecule has 1 atom stereocenters. The van der Waals surface area contributed by atoms with Crippen molar-refractivity contribution in [1.29, 1.82) is 0 Å². The number of hydrogen-bond donors (Lipinski definition) is 0. The quantitative estimate of drug-likeness (QED) is 0.259. The molecule has 0 aliphatic carbocycles. The van der Waals surface area contributed by atoms with Gasteiger partial charge < -0.3 is 13.9 Å². The highest BCUT2D eigenvalue weighted by molar-refractivity contribution is 7.15. The summed E-state index contributed by atoms with van der Waals surface area (Å²) in [6.45, 7) is 6.88. The number of ether oxygens (including phenoxy) is 2.